The van der Waals surface area contributed by atoms with Gasteiger partial charge in [-0.25, -0.2) is 0 Å². The summed E-state index contributed by atoms with van der Waals surface area (Å²) in [6.45, 7) is 7.18. The summed E-state index contributed by atoms with van der Waals surface area (Å²) in [5.74, 6) is 2.57. The van der Waals surface area contributed by atoms with E-state index in [0.717, 1.165) is 28.5 Å². The molecule has 0 aliphatic heterocycles. The van der Waals surface area contributed by atoms with E-state index in [4.69, 9.17) is 4.74 Å². The molecule has 1 fully saturated rings. The highest BCUT2D eigenvalue weighted by Crippen LogP contribution is 2.46. The third-order valence-electron chi connectivity index (χ3n) is 4.93. The minimum atomic E-state index is 0.266. The maximum Gasteiger partial charge on any atom is 0.122 e. The first-order valence-electron chi connectivity index (χ1n) is 7.80. The van der Waals surface area contributed by atoms with E-state index in [1.165, 1.54) is 24.8 Å². The first-order valence-corrected chi connectivity index (χ1v) is 9.51. The first kappa shape index (κ1) is 17.3. The van der Waals surface area contributed by atoms with Gasteiger partial charge in [0.25, 0.3) is 0 Å². The van der Waals surface area contributed by atoms with E-state index in [2.05, 4.69) is 64.8 Å². The minimum Gasteiger partial charge on any atom is -0.496 e. The fourth-order valence-electron chi connectivity index (χ4n) is 3.70. The molecule has 0 aromatic heterocycles. The van der Waals surface area contributed by atoms with Crippen LogP contribution in [0.3, 0.4) is 0 Å². The van der Waals surface area contributed by atoms with Gasteiger partial charge in [-0.05, 0) is 60.3 Å². The van der Waals surface area contributed by atoms with Crippen LogP contribution in [0.1, 0.15) is 45.6 Å². The molecule has 0 saturated heterocycles. The van der Waals surface area contributed by atoms with E-state index in [0.29, 0.717) is 4.83 Å². The van der Waals surface area contributed by atoms with E-state index in [1.54, 1.807) is 7.11 Å². The smallest absolute Gasteiger partial charge is 0.122 e. The van der Waals surface area contributed by atoms with Crippen molar-refractivity contribution in [2.45, 2.75) is 51.3 Å². The van der Waals surface area contributed by atoms with Crippen molar-refractivity contribution in [3.63, 3.8) is 0 Å². The molecular weight excluding hydrogens is 392 g/mol. The average molecular weight is 418 g/mol. The normalized spacial score (nSPS) is 26.7. The Morgan fingerprint density at radius 2 is 2.00 bits per heavy atom. The number of benzene rings is 1. The van der Waals surface area contributed by atoms with Gasteiger partial charge in [0, 0.05) is 9.30 Å². The van der Waals surface area contributed by atoms with Gasteiger partial charge in [0.1, 0.15) is 5.75 Å². The molecule has 3 heteroatoms. The second kappa shape index (κ2) is 7.04. The SMILES string of the molecule is COc1ccc(Br)cc1CC(C)(C)C1CCC(C)CC1Br. The molecule has 0 N–H and O–H groups in total. The van der Waals surface area contributed by atoms with Crippen LogP contribution in [-0.2, 0) is 6.42 Å². The standard InChI is InChI=1S/C18H26Br2O/c1-12-5-7-15(16(20)9-12)18(2,3)11-13-10-14(19)6-8-17(13)21-4/h6,8,10,12,15-16H,5,7,9,11H2,1-4H3. The number of halogens is 2. The first-order chi connectivity index (χ1) is 9.83. The molecule has 118 valence electrons. The molecule has 2 rings (SSSR count). The maximum atomic E-state index is 5.54. The van der Waals surface area contributed by atoms with Gasteiger partial charge < -0.3 is 4.74 Å². The molecule has 1 aliphatic rings. The number of hydrogen-bond donors (Lipinski definition) is 0. The van der Waals surface area contributed by atoms with Crippen molar-refractivity contribution in [1.29, 1.82) is 0 Å². The Morgan fingerprint density at radius 1 is 1.29 bits per heavy atom. The molecule has 21 heavy (non-hydrogen) atoms. The highest BCUT2D eigenvalue weighted by atomic mass is 79.9. The van der Waals surface area contributed by atoms with Crippen LogP contribution in [-0.4, -0.2) is 11.9 Å². The highest BCUT2D eigenvalue weighted by Gasteiger charge is 2.38. The van der Waals surface area contributed by atoms with Gasteiger partial charge in [0.05, 0.1) is 7.11 Å². The lowest BCUT2D eigenvalue weighted by Gasteiger charge is -2.42. The Labute approximate surface area is 146 Å². The van der Waals surface area contributed by atoms with Crippen LogP contribution in [0.15, 0.2) is 22.7 Å². The van der Waals surface area contributed by atoms with Crippen molar-refractivity contribution in [3.05, 3.63) is 28.2 Å². The number of methoxy groups -OCH3 is 1. The number of ether oxygens (including phenoxy) is 1. The van der Waals surface area contributed by atoms with Crippen LogP contribution in [0, 0.1) is 17.3 Å². The van der Waals surface area contributed by atoms with Gasteiger partial charge in [-0.1, -0.05) is 59.1 Å². The second-order valence-corrected chi connectivity index (χ2v) is 9.25. The van der Waals surface area contributed by atoms with E-state index >= 15 is 0 Å². The summed E-state index contributed by atoms with van der Waals surface area (Å²) in [5, 5.41) is 0. The molecule has 1 aromatic rings. The third-order valence-corrected chi connectivity index (χ3v) is 6.43. The summed E-state index contributed by atoms with van der Waals surface area (Å²) in [7, 11) is 1.76. The summed E-state index contributed by atoms with van der Waals surface area (Å²) in [4.78, 5) is 0.634. The van der Waals surface area contributed by atoms with Crippen LogP contribution in [0.5, 0.6) is 5.75 Å². The summed E-state index contributed by atoms with van der Waals surface area (Å²) in [6.07, 6.45) is 5.02. The van der Waals surface area contributed by atoms with Crippen molar-refractivity contribution in [2.24, 2.45) is 17.3 Å². The topological polar surface area (TPSA) is 9.23 Å². The third kappa shape index (κ3) is 4.25. The molecule has 0 heterocycles. The van der Waals surface area contributed by atoms with E-state index < -0.39 is 0 Å². The van der Waals surface area contributed by atoms with E-state index in [1.807, 2.05) is 6.07 Å². The lowest BCUT2D eigenvalue weighted by molar-refractivity contribution is 0.146. The maximum absolute atomic E-state index is 5.54. The largest absolute Gasteiger partial charge is 0.496 e. The lowest BCUT2D eigenvalue weighted by atomic mass is 9.66. The zero-order valence-electron chi connectivity index (χ0n) is 13.5. The Hall–Kier alpha value is -0.0200. The summed E-state index contributed by atoms with van der Waals surface area (Å²) < 4.78 is 6.67. The van der Waals surface area contributed by atoms with Crippen LogP contribution >= 0.6 is 31.9 Å². The highest BCUT2D eigenvalue weighted by molar-refractivity contribution is 9.10. The van der Waals surface area contributed by atoms with E-state index in [-0.39, 0.29) is 5.41 Å². The Kier molecular flexibility index (Phi) is 5.81. The molecule has 1 aromatic carbocycles. The van der Waals surface area contributed by atoms with Gasteiger partial charge in [0.15, 0.2) is 0 Å². The zero-order valence-corrected chi connectivity index (χ0v) is 16.6. The summed E-state index contributed by atoms with van der Waals surface area (Å²) in [6, 6.07) is 6.31. The monoisotopic (exact) mass is 416 g/mol. The minimum absolute atomic E-state index is 0.266. The Bertz CT molecular complexity index is 484. The zero-order chi connectivity index (χ0) is 15.6. The summed E-state index contributed by atoms with van der Waals surface area (Å²) in [5.41, 5.74) is 1.57. The predicted octanol–water partition coefficient (Wildman–Crippen LogP) is 6.23. The molecule has 3 atom stereocenters. The Morgan fingerprint density at radius 3 is 2.62 bits per heavy atom. The van der Waals surface area contributed by atoms with Crippen LogP contribution < -0.4 is 4.74 Å². The lowest BCUT2D eigenvalue weighted by Crippen LogP contribution is -2.37. The predicted molar refractivity (Wildman–Crippen MR) is 97.4 cm³/mol. The molecule has 0 bridgehead atoms. The molecule has 0 amide bonds. The fraction of sp³-hybridized carbons (Fsp3) is 0.667. The quantitative estimate of drug-likeness (QED) is 0.527. The molecule has 3 unspecified atom stereocenters. The molecule has 1 saturated carbocycles. The molecule has 0 radical (unpaired) electrons. The molecule has 0 spiro atoms. The Balaban J connectivity index is 2.19. The van der Waals surface area contributed by atoms with E-state index in [9.17, 15) is 0 Å². The van der Waals surface area contributed by atoms with Crippen molar-refractivity contribution in [1.82, 2.24) is 0 Å². The van der Waals surface area contributed by atoms with Crippen molar-refractivity contribution < 1.29 is 4.74 Å². The van der Waals surface area contributed by atoms with Crippen molar-refractivity contribution in [2.75, 3.05) is 7.11 Å². The number of rotatable bonds is 4. The van der Waals surface area contributed by atoms with Crippen LogP contribution in [0.25, 0.3) is 0 Å². The van der Waals surface area contributed by atoms with Gasteiger partial charge in [0.2, 0.25) is 0 Å². The van der Waals surface area contributed by atoms with Gasteiger partial charge in [-0.2, -0.15) is 0 Å². The van der Waals surface area contributed by atoms with Gasteiger partial charge in [-0.3, -0.25) is 0 Å². The van der Waals surface area contributed by atoms with Gasteiger partial charge in [-0.15, -0.1) is 0 Å². The molecule has 1 aliphatic carbocycles. The number of hydrogen-bond acceptors (Lipinski definition) is 1. The summed E-state index contributed by atoms with van der Waals surface area (Å²) >= 11 is 7.54. The average Bonchev–Trinajstić information content (AvgIpc) is 2.37. The van der Waals surface area contributed by atoms with Crippen LogP contribution in [0.2, 0.25) is 0 Å². The van der Waals surface area contributed by atoms with Gasteiger partial charge >= 0.3 is 0 Å². The molecule has 1 nitrogen and oxygen atoms in total. The fourth-order valence-corrected chi connectivity index (χ4v) is 5.73. The molecular formula is C18H26Br2O. The second-order valence-electron chi connectivity index (χ2n) is 7.16. The van der Waals surface area contributed by atoms with Crippen LogP contribution in [0.4, 0.5) is 0 Å². The number of alkyl halides is 1. The van der Waals surface area contributed by atoms with Crippen molar-refractivity contribution in [3.8, 4) is 5.75 Å². The van der Waals surface area contributed by atoms with Crippen molar-refractivity contribution >= 4 is 31.9 Å².